The van der Waals surface area contributed by atoms with E-state index in [1.54, 1.807) is 11.3 Å². The molecule has 2 aromatic heterocycles. The van der Waals surface area contributed by atoms with E-state index in [1.165, 1.54) is 16.6 Å². The van der Waals surface area contributed by atoms with Crippen molar-refractivity contribution in [3.63, 3.8) is 0 Å². The number of nitrogens with one attached hydrogen (secondary N) is 1. The Kier molecular flexibility index (Phi) is 6.20. The minimum absolute atomic E-state index is 0.155. The molecule has 1 atom stereocenters. The van der Waals surface area contributed by atoms with Crippen LogP contribution >= 0.6 is 11.3 Å². The summed E-state index contributed by atoms with van der Waals surface area (Å²) in [6.07, 6.45) is 4.85. The van der Waals surface area contributed by atoms with Gasteiger partial charge >= 0.3 is 5.97 Å². The van der Waals surface area contributed by atoms with E-state index >= 15 is 0 Å². The van der Waals surface area contributed by atoms with Gasteiger partial charge in [-0.2, -0.15) is 0 Å². The van der Waals surface area contributed by atoms with Crippen LogP contribution in [-0.2, 0) is 11.2 Å². The number of allylic oxidation sites excluding steroid dienone is 1. The number of carbonyl (C=O) groups is 1. The molecule has 0 saturated heterocycles. The summed E-state index contributed by atoms with van der Waals surface area (Å²) >= 11 is 1.65. The van der Waals surface area contributed by atoms with Crippen molar-refractivity contribution in [2.75, 3.05) is 0 Å². The Labute approximate surface area is 189 Å². The Bertz CT molecular complexity index is 1210. The van der Waals surface area contributed by atoms with E-state index in [-0.39, 0.29) is 6.42 Å². The van der Waals surface area contributed by atoms with E-state index in [0.717, 1.165) is 46.1 Å². The van der Waals surface area contributed by atoms with Gasteiger partial charge in [-0.15, -0.1) is 21.5 Å². The molecule has 0 spiro atoms. The lowest BCUT2D eigenvalue weighted by atomic mass is 9.98. The van der Waals surface area contributed by atoms with E-state index in [4.69, 9.17) is 10.2 Å². The molecule has 0 unspecified atom stereocenters. The van der Waals surface area contributed by atoms with Gasteiger partial charge in [0.25, 0.3) is 0 Å². The number of hydrogen-bond acceptors (Lipinski definition) is 7. The summed E-state index contributed by atoms with van der Waals surface area (Å²) in [6, 6.07) is 7.58. The summed E-state index contributed by atoms with van der Waals surface area (Å²) < 4.78 is 1.96. The molecule has 3 heterocycles. The quantitative estimate of drug-likeness (QED) is 0.467. The standard InChI is InChI=1S/C23H25N5O3S/c1-13-14(2)32-23-20(13)21(17-9-7-16(8-10-17)6-4-5-11-24-31)25-18(12-19(29)30)22-27-26-15(3)28(22)23/h5,7-11,18,24,31H,4,6,12H2,1-3H3,(H,29,30)/t18-/m0/s1. The average Bonchev–Trinajstić information content (AvgIpc) is 3.24. The summed E-state index contributed by atoms with van der Waals surface area (Å²) in [7, 11) is 0. The van der Waals surface area contributed by atoms with Crippen molar-refractivity contribution in [3.8, 4) is 5.00 Å². The van der Waals surface area contributed by atoms with Crippen LogP contribution in [0, 0.1) is 20.8 Å². The highest BCUT2D eigenvalue weighted by Crippen LogP contribution is 2.39. The highest BCUT2D eigenvalue weighted by molar-refractivity contribution is 7.15. The van der Waals surface area contributed by atoms with Crippen LogP contribution in [0.25, 0.3) is 5.00 Å². The van der Waals surface area contributed by atoms with Crippen LogP contribution in [-0.4, -0.2) is 36.8 Å². The molecule has 1 aliphatic rings. The topological polar surface area (TPSA) is 113 Å². The van der Waals surface area contributed by atoms with Crippen molar-refractivity contribution in [2.45, 2.75) is 46.1 Å². The van der Waals surface area contributed by atoms with Gasteiger partial charge in [-0.05, 0) is 44.7 Å². The number of hydroxylamine groups is 1. The average molecular weight is 452 g/mol. The number of nitrogens with zero attached hydrogens (tertiary/aromatic N) is 4. The van der Waals surface area contributed by atoms with Crippen LogP contribution in [0.4, 0.5) is 0 Å². The third-order valence-electron chi connectivity index (χ3n) is 5.63. The number of hydrogen-bond donors (Lipinski definition) is 3. The first-order chi connectivity index (χ1) is 15.4. The first-order valence-corrected chi connectivity index (χ1v) is 11.2. The van der Waals surface area contributed by atoms with Crippen LogP contribution in [0.5, 0.6) is 0 Å². The Hall–Kier alpha value is -3.30. The number of aromatic nitrogens is 3. The predicted octanol–water partition coefficient (Wildman–Crippen LogP) is 4.05. The Balaban J connectivity index is 1.81. The van der Waals surface area contributed by atoms with Gasteiger partial charge in [0.15, 0.2) is 5.82 Å². The van der Waals surface area contributed by atoms with Crippen molar-refractivity contribution in [2.24, 2.45) is 4.99 Å². The van der Waals surface area contributed by atoms with Gasteiger partial charge in [-0.1, -0.05) is 30.3 Å². The summed E-state index contributed by atoms with van der Waals surface area (Å²) in [4.78, 5) is 17.7. The lowest BCUT2D eigenvalue weighted by molar-refractivity contribution is -0.137. The molecule has 0 radical (unpaired) electrons. The summed E-state index contributed by atoms with van der Waals surface area (Å²) in [5.74, 6) is 0.350. The Morgan fingerprint density at radius 2 is 1.97 bits per heavy atom. The molecule has 3 aromatic rings. The number of benzene rings is 1. The van der Waals surface area contributed by atoms with Crippen LogP contribution in [0.1, 0.15) is 57.7 Å². The molecule has 0 bridgehead atoms. The van der Waals surface area contributed by atoms with E-state index < -0.39 is 12.0 Å². The zero-order chi connectivity index (χ0) is 22.8. The van der Waals surface area contributed by atoms with Crippen LogP contribution < -0.4 is 5.48 Å². The SMILES string of the molecule is Cc1sc2c(c1C)C(c1ccc(CCC=CNO)cc1)=N[C@@H](CC(=O)O)c1nnc(C)n1-2. The largest absolute Gasteiger partial charge is 0.481 e. The molecule has 0 saturated carbocycles. The Morgan fingerprint density at radius 3 is 2.66 bits per heavy atom. The van der Waals surface area contributed by atoms with Crippen molar-refractivity contribution in [1.82, 2.24) is 20.2 Å². The van der Waals surface area contributed by atoms with E-state index in [1.807, 2.05) is 35.2 Å². The van der Waals surface area contributed by atoms with Gasteiger partial charge in [0, 0.05) is 22.2 Å². The second-order valence-corrected chi connectivity index (χ2v) is 8.97. The molecule has 0 aliphatic carbocycles. The molecule has 32 heavy (non-hydrogen) atoms. The third-order valence-corrected chi connectivity index (χ3v) is 6.82. The van der Waals surface area contributed by atoms with E-state index in [0.29, 0.717) is 5.82 Å². The number of aryl methyl sites for hydroxylation is 3. The fourth-order valence-corrected chi connectivity index (χ4v) is 5.12. The highest BCUT2D eigenvalue weighted by Gasteiger charge is 2.32. The fraction of sp³-hybridized carbons (Fsp3) is 0.304. The molecule has 1 aliphatic heterocycles. The molecule has 8 nitrogen and oxygen atoms in total. The number of thiophene rings is 1. The number of fused-ring (bicyclic) bond motifs is 3. The van der Waals surface area contributed by atoms with Gasteiger partial charge < -0.3 is 5.11 Å². The van der Waals surface area contributed by atoms with Gasteiger partial charge in [0.2, 0.25) is 0 Å². The molecule has 9 heteroatoms. The molecular weight excluding hydrogens is 426 g/mol. The number of carboxylic acids is 1. The van der Waals surface area contributed by atoms with E-state index in [2.05, 4.69) is 36.2 Å². The molecule has 0 fully saturated rings. The second-order valence-electron chi connectivity index (χ2n) is 7.76. The number of aliphatic carboxylic acids is 1. The van der Waals surface area contributed by atoms with Gasteiger partial charge in [0.05, 0.1) is 12.1 Å². The second kappa shape index (κ2) is 9.05. The highest BCUT2D eigenvalue weighted by atomic mass is 32.1. The minimum Gasteiger partial charge on any atom is -0.481 e. The summed E-state index contributed by atoms with van der Waals surface area (Å²) in [6.45, 7) is 6.04. The summed E-state index contributed by atoms with van der Waals surface area (Å²) in [5, 5.41) is 27.6. The van der Waals surface area contributed by atoms with Gasteiger partial charge in [-0.3, -0.25) is 25.0 Å². The zero-order valence-electron chi connectivity index (χ0n) is 18.2. The van der Waals surface area contributed by atoms with Crippen LogP contribution in [0.15, 0.2) is 41.5 Å². The number of aliphatic imine (C=N–C) groups is 1. The van der Waals surface area contributed by atoms with Gasteiger partial charge in [-0.25, -0.2) is 0 Å². The zero-order valence-corrected chi connectivity index (χ0v) is 19.0. The molecule has 0 amide bonds. The van der Waals surface area contributed by atoms with Crippen LogP contribution in [0.2, 0.25) is 0 Å². The minimum atomic E-state index is -0.927. The molecule has 4 rings (SSSR count). The van der Waals surface area contributed by atoms with Gasteiger partial charge in [0.1, 0.15) is 16.9 Å². The monoisotopic (exact) mass is 451 g/mol. The molecular formula is C23H25N5O3S. The maximum Gasteiger partial charge on any atom is 0.306 e. The van der Waals surface area contributed by atoms with Crippen molar-refractivity contribution >= 4 is 23.0 Å². The maximum atomic E-state index is 11.6. The van der Waals surface area contributed by atoms with Crippen molar-refractivity contribution in [1.29, 1.82) is 0 Å². The van der Waals surface area contributed by atoms with Crippen molar-refractivity contribution < 1.29 is 15.1 Å². The maximum absolute atomic E-state index is 11.6. The normalized spacial score (nSPS) is 15.2. The fourth-order valence-electron chi connectivity index (χ4n) is 3.91. The molecule has 166 valence electrons. The summed E-state index contributed by atoms with van der Waals surface area (Å²) in [5.41, 5.74) is 7.04. The lowest BCUT2D eigenvalue weighted by Gasteiger charge is -2.11. The third kappa shape index (κ3) is 4.09. The molecule has 1 aromatic carbocycles. The van der Waals surface area contributed by atoms with Crippen LogP contribution in [0.3, 0.4) is 0 Å². The first kappa shape index (κ1) is 21.9. The van der Waals surface area contributed by atoms with E-state index in [9.17, 15) is 9.90 Å². The van der Waals surface area contributed by atoms with Crippen molar-refractivity contribution in [3.05, 3.63) is 75.3 Å². The number of carboxylic acid groups (broad SMARTS) is 1. The predicted molar refractivity (Wildman–Crippen MR) is 123 cm³/mol. The first-order valence-electron chi connectivity index (χ1n) is 10.4. The molecule has 3 N–H and O–H groups in total. The lowest BCUT2D eigenvalue weighted by Crippen LogP contribution is -2.10. The Morgan fingerprint density at radius 1 is 1.22 bits per heavy atom. The smallest absolute Gasteiger partial charge is 0.306 e. The number of rotatable bonds is 7.